The molecule has 1 aliphatic rings. The van der Waals surface area contributed by atoms with E-state index in [9.17, 15) is 13.2 Å². The summed E-state index contributed by atoms with van der Waals surface area (Å²) in [4.78, 5) is 1.44. The standard InChI is InChI=1S/C9H16F3N/c1-3-7-4-5-8(9(10,11)12)13(2)6-7/h7-8H,3-6H2,1-2H3/t7-,8+/m0/s1. The summed E-state index contributed by atoms with van der Waals surface area (Å²) in [5.41, 5.74) is 0. The van der Waals surface area contributed by atoms with Crippen molar-refractivity contribution in [2.75, 3.05) is 13.6 Å². The van der Waals surface area contributed by atoms with Crippen molar-refractivity contribution in [2.45, 2.75) is 38.4 Å². The summed E-state index contributed by atoms with van der Waals surface area (Å²) in [5.74, 6) is 0.448. The first-order valence-electron chi connectivity index (χ1n) is 4.72. The Bertz CT molecular complexity index is 167. The highest BCUT2D eigenvalue weighted by atomic mass is 19.4. The van der Waals surface area contributed by atoms with E-state index in [1.165, 1.54) is 4.90 Å². The Balaban J connectivity index is 2.53. The smallest absolute Gasteiger partial charge is 0.295 e. The quantitative estimate of drug-likeness (QED) is 0.621. The summed E-state index contributed by atoms with van der Waals surface area (Å²) in [6.45, 7) is 2.62. The molecular weight excluding hydrogens is 179 g/mol. The first kappa shape index (κ1) is 10.8. The molecule has 0 radical (unpaired) electrons. The monoisotopic (exact) mass is 195 g/mol. The van der Waals surface area contributed by atoms with Crippen LogP contribution in [0.4, 0.5) is 13.2 Å². The molecule has 0 aromatic carbocycles. The molecule has 1 rings (SSSR count). The number of rotatable bonds is 1. The molecule has 0 N–H and O–H groups in total. The molecule has 0 spiro atoms. The Morgan fingerprint density at radius 3 is 2.31 bits per heavy atom. The largest absolute Gasteiger partial charge is 0.404 e. The van der Waals surface area contributed by atoms with Gasteiger partial charge in [0, 0.05) is 6.54 Å². The zero-order valence-electron chi connectivity index (χ0n) is 8.06. The fraction of sp³-hybridized carbons (Fsp3) is 1.00. The van der Waals surface area contributed by atoms with Crippen molar-refractivity contribution in [1.29, 1.82) is 0 Å². The van der Waals surface area contributed by atoms with Crippen LogP contribution in [-0.2, 0) is 0 Å². The van der Waals surface area contributed by atoms with Gasteiger partial charge < -0.3 is 0 Å². The lowest BCUT2D eigenvalue weighted by Crippen LogP contribution is -2.48. The summed E-state index contributed by atoms with van der Waals surface area (Å²) < 4.78 is 37.1. The SMILES string of the molecule is CC[C@H]1CC[C@H](C(F)(F)F)N(C)C1. The van der Waals surface area contributed by atoms with Crippen molar-refractivity contribution in [2.24, 2.45) is 5.92 Å². The molecule has 1 saturated heterocycles. The summed E-state index contributed by atoms with van der Waals surface area (Å²) in [6.07, 6.45) is -2.09. The third-order valence-electron chi connectivity index (χ3n) is 2.88. The van der Waals surface area contributed by atoms with E-state index in [1.54, 1.807) is 7.05 Å². The number of piperidine rings is 1. The van der Waals surface area contributed by atoms with Crippen LogP contribution in [0.15, 0.2) is 0 Å². The topological polar surface area (TPSA) is 3.24 Å². The van der Waals surface area contributed by atoms with Gasteiger partial charge in [-0.15, -0.1) is 0 Å². The van der Waals surface area contributed by atoms with Gasteiger partial charge in [0.25, 0.3) is 0 Å². The van der Waals surface area contributed by atoms with E-state index < -0.39 is 12.2 Å². The summed E-state index contributed by atoms with van der Waals surface area (Å²) in [6, 6.07) is -1.21. The van der Waals surface area contributed by atoms with E-state index in [2.05, 4.69) is 0 Å². The molecule has 1 fully saturated rings. The van der Waals surface area contributed by atoms with Crippen LogP contribution in [0.1, 0.15) is 26.2 Å². The average Bonchev–Trinajstić information content (AvgIpc) is 2.01. The van der Waals surface area contributed by atoms with Crippen LogP contribution >= 0.6 is 0 Å². The van der Waals surface area contributed by atoms with E-state index in [0.717, 1.165) is 6.42 Å². The molecule has 1 nitrogen and oxygen atoms in total. The number of likely N-dealkylation sites (tertiary alicyclic amines) is 1. The van der Waals surface area contributed by atoms with Crippen LogP contribution in [0.2, 0.25) is 0 Å². The van der Waals surface area contributed by atoms with Crippen molar-refractivity contribution >= 4 is 0 Å². The number of hydrogen-bond acceptors (Lipinski definition) is 1. The average molecular weight is 195 g/mol. The third kappa shape index (κ3) is 2.59. The molecule has 1 aliphatic heterocycles. The zero-order chi connectivity index (χ0) is 10.1. The molecule has 0 saturated carbocycles. The maximum atomic E-state index is 12.4. The second kappa shape index (κ2) is 3.86. The lowest BCUT2D eigenvalue weighted by Gasteiger charge is -2.37. The van der Waals surface area contributed by atoms with Crippen LogP contribution in [0.5, 0.6) is 0 Å². The summed E-state index contributed by atoms with van der Waals surface area (Å²) in [5, 5.41) is 0. The molecule has 0 unspecified atom stereocenters. The van der Waals surface area contributed by atoms with Gasteiger partial charge >= 0.3 is 6.18 Å². The van der Waals surface area contributed by atoms with Gasteiger partial charge in [-0.3, -0.25) is 4.90 Å². The predicted molar refractivity (Wildman–Crippen MR) is 45.5 cm³/mol. The van der Waals surface area contributed by atoms with Crippen LogP contribution in [-0.4, -0.2) is 30.7 Å². The molecule has 0 bridgehead atoms. The van der Waals surface area contributed by atoms with Gasteiger partial charge in [0.05, 0.1) is 0 Å². The summed E-state index contributed by atoms with van der Waals surface area (Å²) in [7, 11) is 1.57. The van der Waals surface area contributed by atoms with Crippen molar-refractivity contribution in [1.82, 2.24) is 4.90 Å². The number of hydrogen-bond donors (Lipinski definition) is 0. The van der Waals surface area contributed by atoms with Gasteiger partial charge in [-0.25, -0.2) is 0 Å². The van der Waals surface area contributed by atoms with Gasteiger partial charge in [-0.05, 0) is 25.8 Å². The van der Waals surface area contributed by atoms with Crippen LogP contribution in [0.25, 0.3) is 0 Å². The predicted octanol–water partition coefficient (Wildman–Crippen LogP) is 2.67. The molecule has 0 aliphatic carbocycles. The van der Waals surface area contributed by atoms with Crippen molar-refractivity contribution in [3.8, 4) is 0 Å². The molecular formula is C9H16F3N. The lowest BCUT2D eigenvalue weighted by atomic mass is 9.91. The molecule has 1 heterocycles. The highest BCUT2D eigenvalue weighted by molar-refractivity contribution is 4.83. The Labute approximate surface area is 76.9 Å². The molecule has 0 amide bonds. The summed E-state index contributed by atoms with van der Waals surface area (Å²) >= 11 is 0. The number of halogens is 3. The highest BCUT2D eigenvalue weighted by Crippen LogP contribution is 2.33. The minimum absolute atomic E-state index is 0.262. The molecule has 4 heteroatoms. The van der Waals surface area contributed by atoms with E-state index in [4.69, 9.17) is 0 Å². The highest BCUT2D eigenvalue weighted by Gasteiger charge is 2.44. The molecule has 0 aromatic rings. The van der Waals surface area contributed by atoms with E-state index in [-0.39, 0.29) is 6.42 Å². The van der Waals surface area contributed by atoms with Gasteiger partial charge in [0.15, 0.2) is 0 Å². The fourth-order valence-electron chi connectivity index (χ4n) is 1.99. The van der Waals surface area contributed by atoms with E-state index in [1.807, 2.05) is 6.92 Å². The van der Waals surface area contributed by atoms with Crippen LogP contribution < -0.4 is 0 Å². The normalized spacial score (nSPS) is 32.1. The number of alkyl halides is 3. The Hall–Kier alpha value is -0.250. The molecule has 78 valence electrons. The molecule has 13 heavy (non-hydrogen) atoms. The second-order valence-corrected chi connectivity index (χ2v) is 3.85. The Kier molecular flexibility index (Phi) is 3.22. The van der Waals surface area contributed by atoms with E-state index in [0.29, 0.717) is 18.9 Å². The first-order chi connectivity index (χ1) is 5.95. The first-order valence-corrected chi connectivity index (χ1v) is 4.72. The van der Waals surface area contributed by atoms with Crippen molar-refractivity contribution in [3.63, 3.8) is 0 Å². The Morgan fingerprint density at radius 2 is 1.92 bits per heavy atom. The van der Waals surface area contributed by atoms with Crippen LogP contribution in [0.3, 0.4) is 0 Å². The minimum atomic E-state index is -4.05. The molecule has 2 atom stereocenters. The van der Waals surface area contributed by atoms with E-state index >= 15 is 0 Å². The Morgan fingerprint density at radius 1 is 1.31 bits per heavy atom. The van der Waals surface area contributed by atoms with Gasteiger partial charge in [-0.1, -0.05) is 13.3 Å². The van der Waals surface area contributed by atoms with Gasteiger partial charge in [-0.2, -0.15) is 13.2 Å². The number of nitrogens with zero attached hydrogens (tertiary/aromatic N) is 1. The second-order valence-electron chi connectivity index (χ2n) is 3.85. The third-order valence-corrected chi connectivity index (χ3v) is 2.88. The maximum absolute atomic E-state index is 12.4. The van der Waals surface area contributed by atoms with Gasteiger partial charge in [0.2, 0.25) is 0 Å². The van der Waals surface area contributed by atoms with Gasteiger partial charge in [0.1, 0.15) is 6.04 Å². The van der Waals surface area contributed by atoms with Crippen LogP contribution in [0, 0.1) is 5.92 Å². The van der Waals surface area contributed by atoms with Crippen molar-refractivity contribution in [3.05, 3.63) is 0 Å². The molecule has 0 aromatic heterocycles. The van der Waals surface area contributed by atoms with Crippen molar-refractivity contribution < 1.29 is 13.2 Å². The minimum Gasteiger partial charge on any atom is -0.295 e. The zero-order valence-corrected chi connectivity index (χ0v) is 8.06. The lowest BCUT2D eigenvalue weighted by molar-refractivity contribution is -0.190. The fourth-order valence-corrected chi connectivity index (χ4v) is 1.99. The maximum Gasteiger partial charge on any atom is 0.404 e.